The Morgan fingerprint density at radius 2 is 2.22 bits per heavy atom. The average Bonchev–Trinajstić information content (AvgIpc) is 1.63. The van der Waals surface area contributed by atoms with Crippen LogP contribution in [0.4, 0.5) is 8.78 Å². The molecule has 0 spiro atoms. The lowest BCUT2D eigenvalue weighted by Gasteiger charge is -2.07. The van der Waals surface area contributed by atoms with E-state index < -0.39 is 12.5 Å². The normalized spacial score (nSPS) is 10.9. The van der Waals surface area contributed by atoms with Crippen LogP contribution < -0.4 is 0 Å². The summed E-state index contributed by atoms with van der Waals surface area (Å²) < 4.78 is 27.8. The molecule has 0 aromatic carbocycles. The second-order valence-corrected chi connectivity index (χ2v) is 1.55. The number of terminal acetylenes is 1. The molecule has 0 N–H and O–H groups in total. The van der Waals surface area contributed by atoms with E-state index >= 15 is 0 Å². The Balaban J connectivity index is 3.20. The number of rotatable bonds is 3. The number of hydrogen-bond acceptors (Lipinski definition) is 1. The number of ether oxygens (including phenoxy) is 1. The van der Waals surface area contributed by atoms with Crippen LogP contribution in [0.5, 0.6) is 0 Å². The van der Waals surface area contributed by atoms with Crippen LogP contribution in [0.25, 0.3) is 0 Å². The highest BCUT2D eigenvalue weighted by Gasteiger charge is 2.20. The van der Waals surface area contributed by atoms with Gasteiger partial charge in [-0.15, -0.1) is 6.42 Å². The van der Waals surface area contributed by atoms with E-state index in [1.54, 1.807) is 0 Å². The van der Waals surface area contributed by atoms with Gasteiger partial charge in [0.1, 0.15) is 13.2 Å². The highest BCUT2D eigenvalue weighted by atomic mass is 19.3. The quantitative estimate of drug-likeness (QED) is 0.414. The molecule has 0 heterocycles. The molecule has 1 radical (unpaired) electrons. The van der Waals surface area contributed by atoms with Gasteiger partial charge in [0.2, 0.25) is 0 Å². The van der Waals surface area contributed by atoms with Gasteiger partial charge in [-0.05, 0) is 0 Å². The lowest BCUT2D eigenvalue weighted by atomic mass is 10.4. The number of hydrogen-bond donors (Lipinski definition) is 0. The number of halogens is 2. The van der Waals surface area contributed by atoms with E-state index in [1.165, 1.54) is 0 Å². The minimum Gasteiger partial charge on any atom is -0.363 e. The number of alkyl halides is 2. The molecule has 51 valence electrons. The molecule has 1 nitrogen and oxygen atoms in total. The van der Waals surface area contributed by atoms with Gasteiger partial charge in [-0.2, -0.15) is 0 Å². The van der Waals surface area contributed by atoms with Crippen molar-refractivity contribution in [3.63, 3.8) is 0 Å². The van der Waals surface area contributed by atoms with Crippen LogP contribution in [-0.4, -0.2) is 19.1 Å². The third-order valence-corrected chi connectivity index (χ3v) is 0.499. The Labute approximate surface area is 53.0 Å². The fourth-order valence-electron chi connectivity index (χ4n) is 0.259. The van der Waals surface area contributed by atoms with Crippen molar-refractivity contribution in [3.05, 3.63) is 6.92 Å². The third-order valence-electron chi connectivity index (χ3n) is 0.499. The summed E-state index contributed by atoms with van der Waals surface area (Å²) in [4.78, 5) is 0. The van der Waals surface area contributed by atoms with Crippen molar-refractivity contribution in [1.29, 1.82) is 0 Å². The second-order valence-electron chi connectivity index (χ2n) is 1.55. The molecule has 0 amide bonds. The van der Waals surface area contributed by atoms with Gasteiger partial charge >= 0.3 is 0 Å². The van der Waals surface area contributed by atoms with Crippen molar-refractivity contribution in [1.82, 2.24) is 0 Å². The van der Waals surface area contributed by atoms with E-state index in [2.05, 4.69) is 17.6 Å². The topological polar surface area (TPSA) is 9.23 Å². The first-order valence-corrected chi connectivity index (χ1v) is 2.30. The summed E-state index contributed by atoms with van der Waals surface area (Å²) in [5.74, 6) is -0.960. The Morgan fingerprint density at radius 1 is 1.67 bits per heavy atom. The molecule has 0 rings (SSSR count). The fraction of sp³-hybridized carbons (Fsp3) is 0.500. The van der Waals surface area contributed by atoms with E-state index in [0.717, 1.165) is 0 Å². The van der Waals surface area contributed by atoms with Crippen LogP contribution in [-0.2, 0) is 4.74 Å². The minimum atomic E-state index is -3.02. The molecule has 0 aromatic rings. The maximum Gasteiger partial charge on any atom is 0.271 e. The Bertz CT molecular complexity index is 109. The molecule has 9 heavy (non-hydrogen) atoms. The van der Waals surface area contributed by atoms with E-state index in [-0.39, 0.29) is 6.61 Å². The predicted molar refractivity (Wildman–Crippen MR) is 30.0 cm³/mol. The van der Waals surface area contributed by atoms with Gasteiger partial charge < -0.3 is 4.74 Å². The zero-order valence-corrected chi connectivity index (χ0v) is 4.86. The monoisotopic (exact) mass is 133 g/mol. The Kier molecular flexibility index (Phi) is 3.18. The van der Waals surface area contributed by atoms with Gasteiger partial charge in [0.15, 0.2) is 0 Å². The van der Waals surface area contributed by atoms with E-state index in [0.29, 0.717) is 0 Å². The van der Waals surface area contributed by atoms with Crippen LogP contribution in [0.1, 0.15) is 0 Å². The van der Waals surface area contributed by atoms with Gasteiger partial charge in [-0.25, -0.2) is 8.78 Å². The van der Waals surface area contributed by atoms with Crippen molar-refractivity contribution in [2.75, 3.05) is 13.2 Å². The van der Waals surface area contributed by atoms with Crippen molar-refractivity contribution in [2.24, 2.45) is 0 Å². The van der Waals surface area contributed by atoms with E-state index in [4.69, 9.17) is 6.42 Å². The van der Waals surface area contributed by atoms with Crippen molar-refractivity contribution < 1.29 is 13.5 Å². The molecule has 0 atom stereocenters. The van der Waals surface area contributed by atoms with Crippen LogP contribution in [0.15, 0.2) is 0 Å². The second kappa shape index (κ2) is 3.41. The van der Waals surface area contributed by atoms with Gasteiger partial charge in [0, 0.05) is 6.92 Å². The first-order chi connectivity index (χ1) is 4.06. The summed E-state index contributed by atoms with van der Waals surface area (Å²) >= 11 is 0. The van der Waals surface area contributed by atoms with Crippen LogP contribution in [0.3, 0.4) is 0 Å². The summed E-state index contributed by atoms with van der Waals surface area (Å²) in [6.45, 7) is 1.71. The SMILES string of the molecule is C#CCOCC([CH2])(F)F. The highest BCUT2D eigenvalue weighted by Crippen LogP contribution is 2.09. The lowest BCUT2D eigenvalue weighted by Crippen LogP contribution is -2.19. The third kappa shape index (κ3) is 7.38. The zero-order chi connectivity index (χ0) is 7.33. The molecule has 0 aromatic heterocycles. The Morgan fingerprint density at radius 3 is 2.56 bits per heavy atom. The average molecular weight is 133 g/mol. The molecule has 0 saturated carbocycles. The van der Waals surface area contributed by atoms with Gasteiger partial charge in [0.05, 0.1) is 0 Å². The van der Waals surface area contributed by atoms with Gasteiger partial charge in [-0.1, -0.05) is 5.92 Å². The van der Waals surface area contributed by atoms with Crippen LogP contribution in [0, 0.1) is 19.3 Å². The summed E-state index contributed by atoms with van der Waals surface area (Å²) in [7, 11) is 0. The first-order valence-electron chi connectivity index (χ1n) is 2.30. The minimum absolute atomic E-state index is 0.0922. The van der Waals surface area contributed by atoms with Crippen molar-refractivity contribution in [3.8, 4) is 12.3 Å². The predicted octanol–water partition coefficient (Wildman–Crippen LogP) is 1.11. The molecule has 0 aliphatic carbocycles. The molecule has 0 saturated heterocycles. The molecule has 3 heteroatoms. The summed E-state index contributed by atoms with van der Waals surface area (Å²) in [6, 6.07) is 0. The van der Waals surface area contributed by atoms with E-state index in [1.807, 2.05) is 0 Å². The molecule has 0 aliphatic heterocycles. The largest absolute Gasteiger partial charge is 0.363 e. The standard InChI is InChI=1S/C6H7F2O/c1-3-4-9-5-6(2,7)8/h1H,2,4-5H2. The van der Waals surface area contributed by atoms with E-state index in [9.17, 15) is 8.78 Å². The Hall–Kier alpha value is -0.620. The zero-order valence-electron chi connectivity index (χ0n) is 4.86. The van der Waals surface area contributed by atoms with Crippen molar-refractivity contribution >= 4 is 0 Å². The molecule has 0 bridgehead atoms. The molecule has 0 unspecified atom stereocenters. The molecular weight excluding hydrogens is 126 g/mol. The van der Waals surface area contributed by atoms with Gasteiger partial charge in [0.25, 0.3) is 5.92 Å². The smallest absolute Gasteiger partial charge is 0.271 e. The highest BCUT2D eigenvalue weighted by molar-refractivity contribution is 4.83. The lowest BCUT2D eigenvalue weighted by molar-refractivity contribution is -0.0337. The summed E-state index contributed by atoms with van der Waals surface area (Å²) in [5, 5.41) is 0. The van der Waals surface area contributed by atoms with Crippen LogP contribution >= 0.6 is 0 Å². The maximum absolute atomic E-state index is 11.7. The van der Waals surface area contributed by atoms with Crippen molar-refractivity contribution in [2.45, 2.75) is 5.92 Å². The van der Waals surface area contributed by atoms with Crippen LogP contribution in [0.2, 0.25) is 0 Å². The fourth-order valence-corrected chi connectivity index (χ4v) is 0.259. The molecule has 0 aliphatic rings. The molecule has 0 fully saturated rings. The molecular formula is C6H7F2O. The summed E-state index contributed by atoms with van der Waals surface area (Å²) in [6.07, 6.45) is 4.72. The first kappa shape index (κ1) is 8.38. The maximum atomic E-state index is 11.7. The van der Waals surface area contributed by atoms with Gasteiger partial charge in [-0.3, -0.25) is 0 Å². The summed E-state index contributed by atoms with van der Waals surface area (Å²) in [5.41, 5.74) is 0.